The first kappa shape index (κ1) is 10.1. The molecule has 0 radical (unpaired) electrons. The van der Waals surface area contributed by atoms with Gasteiger partial charge in [-0.1, -0.05) is 0 Å². The van der Waals surface area contributed by atoms with E-state index < -0.39 is 7.82 Å². The van der Waals surface area contributed by atoms with Gasteiger partial charge < -0.3 is 19.2 Å². The van der Waals surface area contributed by atoms with Crippen LogP contribution in [0.2, 0.25) is 0 Å². The van der Waals surface area contributed by atoms with Crippen LogP contribution < -0.4 is 26.4 Å². The van der Waals surface area contributed by atoms with Gasteiger partial charge in [-0.3, -0.25) is 5.84 Å². The molecule has 0 bridgehead atoms. The van der Waals surface area contributed by atoms with Crippen molar-refractivity contribution in [2.45, 2.75) is 0 Å². The van der Waals surface area contributed by atoms with Gasteiger partial charge in [-0.15, -0.1) is 0 Å². The smallest absolute Gasteiger partial charge is 0.159 e. The molecule has 0 rings (SSSR count). The molecule has 0 aromatic heterocycles. The van der Waals surface area contributed by atoms with Gasteiger partial charge in [-0.05, 0) is 0 Å². The van der Waals surface area contributed by atoms with Crippen LogP contribution in [0.25, 0.3) is 0 Å². The second kappa shape index (κ2) is 4.20. The van der Waals surface area contributed by atoms with Crippen molar-refractivity contribution in [1.29, 1.82) is 0 Å². The van der Waals surface area contributed by atoms with Gasteiger partial charge in [0.15, 0.2) is 0 Å². The highest BCUT2D eigenvalue weighted by Gasteiger charge is 1.44. The summed E-state index contributed by atoms with van der Waals surface area (Å²) in [6.07, 6.45) is 0. The molecule has 0 heterocycles. The maximum absolute atomic E-state index is 8.55. The number of phosphoric acid groups is 1. The van der Waals surface area contributed by atoms with E-state index >= 15 is 0 Å². The number of nitrogens with two attached hydrogens (primary N) is 1. The lowest BCUT2D eigenvalue weighted by molar-refractivity contribution is -0.432. The second-order valence-electron chi connectivity index (χ2n) is 0.447. The van der Waals surface area contributed by atoms with Gasteiger partial charge in [-0.2, -0.15) is 13.7 Å². The fourth-order valence-corrected chi connectivity index (χ4v) is 0. The first-order chi connectivity index (χ1) is 3.00. The van der Waals surface area contributed by atoms with Crippen molar-refractivity contribution in [3.8, 4) is 0 Å². The molecule has 0 saturated carbocycles. The lowest BCUT2D eigenvalue weighted by Gasteiger charge is -2.36. The minimum atomic E-state index is -5.39. The van der Waals surface area contributed by atoms with E-state index in [9.17, 15) is 0 Å². The minimum Gasteiger partial charge on any atom is -0.822 e. The predicted molar refractivity (Wildman–Crippen MR) is 14.7 cm³/mol. The van der Waals surface area contributed by atoms with E-state index in [2.05, 4.69) is 11.7 Å². The van der Waals surface area contributed by atoms with Crippen molar-refractivity contribution in [3.05, 3.63) is 0 Å². The molecular formula is H5N2O4P-2. The van der Waals surface area contributed by atoms with Crippen LogP contribution in [-0.2, 0) is 4.57 Å². The summed E-state index contributed by atoms with van der Waals surface area (Å²) < 4.78 is 8.55. The molecule has 5 N–H and O–H groups in total. The zero-order valence-corrected chi connectivity index (χ0v) is 4.26. The quantitative estimate of drug-likeness (QED) is 0.191. The highest BCUT2D eigenvalue weighted by Crippen LogP contribution is 2.03. The van der Waals surface area contributed by atoms with Crippen molar-refractivity contribution in [1.82, 2.24) is 0 Å². The molecule has 0 unspecified atom stereocenters. The number of hydrogen-bond acceptors (Lipinski definition) is 5. The first-order valence-corrected chi connectivity index (χ1v) is 2.60. The van der Waals surface area contributed by atoms with Crippen molar-refractivity contribution in [3.63, 3.8) is 0 Å². The van der Waals surface area contributed by atoms with Crippen molar-refractivity contribution in [2.75, 3.05) is 0 Å². The Kier molecular flexibility index (Phi) is 6.06. The van der Waals surface area contributed by atoms with Gasteiger partial charge in [0, 0.05) is 0 Å². The maximum atomic E-state index is 8.55. The van der Waals surface area contributed by atoms with E-state index in [0.29, 0.717) is 0 Å². The Balaban J connectivity index is 0. The Bertz CT molecular complexity index is 55.8. The molecule has 6 nitrogen and oxygen atoms in total. The molecule has 0 spiro atoms. The first-order valence-electron chi connectivity index (χ1n) is 1.14. The Labute approximate surface area is 40.0 Å². The summed E-state index contributed by atoms with van der Waals surface area (Å²) in [5, 5.41) is 0. The topological polar surface area (TPSA) is 140 Å². The van der Waals surface area contributed by atoms with Crippen molar-refractivity contribution in [2.24, 2.45) is 5.84 Å². The second-order valence-corrected chi connectivity index (χ2v) is 1.34. The molecule has 0 aliphatic carbocycles. The molecule has 0 aliphatic rings. The van der Waals surface area contributed by atoms with E-state index in [4.69, 9.17) is 19.2 Å². The lowest BCUT2D eigenvalue weighted by Crippen LogP contribution is -2.59. The molecule has 0 saturated heterocycles. The van der Waals surface area contributed by atoms with Crippen molar-refractivity contribution >= 4 is 7.82 Å². The van der Waals surface area contributed by atoms with Gasteiger partial charge >= 0.3 is 0 Å². The lowest BCUT2D eigenvalue weighted by atomic mass is 13.0. The molecule has 0 amide bonds. The van der Waals surface area contributed by atoms with E-state index in [1.165, 1.54) is 0 Å². The van der Waals surface area contributed by atoms with Crippen LogP contribution in [0, 0.1) is 0 Å². The van der Waals surface area contributed by atoms with Crippen LogP contribution in [0.15, 0.2) is 0 Å². The van der Waals surface area contributed by atoms with Gasteiger partial charge in [0.25, 0.3) is 0 Å². The Morgan fingerprint density at radius 3 is 1.29 bits per heavy atom. The molecule has 0 atom stereocenters. The Hall–Kier alpha value is 0.0300. The summed E-state index contributed by atoms with van der Waals surface area (Å²) in [7, 11) is -5.39. The molecule has 46 valence electrons. The third-order valence-electron chi connectivity index (χ3n) is 0. The fraction of sp³-hybridized carbons (Fsp3) is 0. The third-order valence-corrected chi connectivity index (χ3v) is 0. The molecular weight excluding hydrogens is 123 g/mol. The van der Waals surface area contributed by atoms with E-state index in [-0.39, 0.29) is 0 Å². The van der Waals surface area contributed by atoms with Gasteiger partial charge in [0.1, 0.15) is 0 Å². The highest BCUT2D eigenvalue weighted by molar-refractivity contribution is 7.40. The summed E-state index contributed by atoms with van der Waals surface area (Å²) >= 11 is 0. The van der Waals surface area contributed by atoms with Crippen LogP contribution in [0.5, 0.6) is 0 Å². The normalized spacial score (nSPS) is 9.29. The molecule has 0 aliphatic heterocycles. The van der Waals surface area contributed by atoms with E-state index in [1.807, 2.05) is 0 Å². The number of hydrogen-bond donors (Lipinski definition) is 2. The SMILES string of the molecule is N[NH3+].O=P([O-])([O-])[O-]. The highest BCUT2D eigenvalue weighted by atomic mass is 31.2. The Morgan fingerprint density at radius 1 is 1.29 bits per heavy atom. The summed E-state index contributed by atoms with van der Waals surface area (Å²) in [5.74, 6) is 7.00. The van der Waals surface area contributed by atoms with Crippen LogP contribution >= 0.6 is 7.82 Å². The average molecular weight is 128 g/mol. The molecule has 0 aromatic rings. The largest absolute Gasteiger partial charge is 0.822 e. The number of rotatable bonds is 0. The summed E-state index contributed by atoms with van der Waals surface area (Å²) in [6, 6.07) is 0. The third kappa shape index (κ3) is 109000. The predicted octanol–water partition coefficient (Wildman–Crippen LogP) is -4.72. The molecule has 7 heavy (non-hydrogen) atoms. The molecule has 7 heteroatoms. The standard InChI is InChI=1S/H4N2.H3O4P/c1-2;1-5(2,3)4/h1-2H2;(H3,1,2,3,4)/p-2. The van der Waals surface area contributed by atoms with Crippen LogP contribution in [0.3, 0.4) is 0 Å². The van der Waals surface area contributed by atoms with Crippen LogP contribution in [0.1, 0.15) is 0 Å². The van der Waals surface area contributed by atoms with Gasteiger partial charge in [0.2, 0.25) is 0 Å². The van der Waals surface area contributed by atoms with Gasteiger partial charge in [-0.25, -0.2) is 0 Å². The summed E-state index contributed by atoms with van der Waals surface area (Å²) in [6.45, 7) is 0. The minimum absolute atomic E-state index is 2.75. The van der Waals surface area contributed by atoms with E-state index in [1.54, 1.807) is 0 Å². The summed E-state index contributed by atoms with van der Waals surface area (Å²) in [5.41, 5.74) is 0. The average Bonchev–Trinajstić information content (AvgIpc) is 1.36. The van der Waals surface area contributed by atoms with Gasteiger partial charge in [0.05, 0.1) is 0 Å². The van der Waals surface area contributed by atoms with E-state index in [0.717, 1.165) is 0 Å². The molecule has 0 aromatic carbocycles. The Morgan fingerprint density at radius 2 is 1.29 bits per heavy atom. The zero-order valence-electron chi connectivity index (χ0n) is 3.36. The van der Waals surface area contributed by atoms with Crippen molar-refractivity contribution < 1.29 is 25.1 Å². The monoisotopic (exact) mass is 128 g/mol. The van der Waals surface area contributed by atoms with Crippen LogP contribution in [-0.4, -0.2) is 0 Å². The maximum Gasteiger partial charge on any atom is -0.159 e. The number of quaternary nitrogens is 1. The fourth-order valence-electron chi connectivity index (χ4n) is 0. The summed E-state index contributed by atoms with van der Waals surface area (Å²) in [4.78, 5) is 25.6. The zero-order chi connectivity index (χ0) is 6.50. The van der Waals surface area contributed by atoms with Crippen LogP contribution in [0.4, 0.5) is 0 Å². The molecule has 0 fully saturated rings.